The van der Waals surface area contributed by atoms with Crippen LogP contribution in [0.1, 0.15) is 55.0 Å². The molecule has 5 rings (SSSR count). The van der Waals surface area contributed by atoms with E-state index in [9.17, 15) is 23.1 Å². The molecule has 3 aromatic carbocycles. The predicted molar refractivity (Wildman–Crippen MR) is 181 cm³/mol. The average molecular weight is 704 g/mol. The van der Waals surface area contributed by atoms with Crippen LogP contribution in [0, 0.1) is 11.8 Å². The molecule has 1 unspecified atom stereocenters. The zero-order chi connectivity index (χ0) is 33.9. The highest BCUT2D eigenvalue weighted by Crippen LogP contribution is 2.52. The molecule has 2 N–H and O–H groups in total. The predicted octanol–water partition coefficient (Wildman–Crippen LogP) is 6.06. The Kier molecular flexibility index (Phi) is 10.9. The highest BCUT2D eigenvalue weighted by atomic mass is 35.5. The molecular formula is C35H40Cl2N2O7S. The van der Waals surface area contributed by atoms with Gasteiger partial charge in [0.2, 0.25) is 15.9 Å². The van der Waals surface area contributed by atoms with Gasteiger partial charge in [0.05, 0.1) is 30.8 Å². The molecule has 0 radical (unpaired) electrons. The molecule has 47 heavy (non-hydrogen) atoms. The molecule has 0 aliphatic carbocycles. The summed E-state index contributed by atoms with van der Waals surface area (Å²) in [5, 5.41) is 10.6. The number of carbonyl (C=O) groups excluding carboxylic acids is 1. The quantitative estimate of drug-likeness (QED) is 0.235. The fourth-order valence-corrected chi connectivity index (χ4v) is 7.51. The standard InChI is InChI=1S/C35H40Cl2N2O7S/c1-35(2)29-20-28(34(42)39(15-13-32(40)41)21-24-7-5-9-26(37)17-24)31(19-23-6-4-8-25(36)16-23)45-33(29)27-18-22(10-11-30(27)46-35)12-14-38-47(3,43)44/h4-11,16-18,28-29,31,33,38H,12-15,19-21H2,1-3H3,(H,40,41)/t28?,29-,31-,33+/m1/s1. The van der Waals surface area contributed by atoms with Crippen molar-refractivity contribution in [2.45, 2.75) is 63.9 Å². The summed E-state index contributed by atoms with van der Waals surface area (Å²) in [6, 6.07) is 20.5. The van der Waals surface area contributed by atoms with Gasteiger partial charge in [-0.05, 0) is 86.2 Å². The zero-order valence-corrected chi connectivity index (χ0v) is 28.9. The van der Waals surface area contributed by atoms with E-state index in [1.54, 1.807) is 29.2 Å². The number of amides is 1. The van der Waals surface area contributed by atoms with Crippen LogP contribution >= 0.6 is 23.2 Å². The smallest absolute Gasteiger partial charge is 0.305 e. The lowest BCUT2D eigenvalue weighted by Gasteiger charge is -2.51. The summed E-state index contributed by atoms with van der Waals surface area (Å²) in [6.45, 7) is 4.48. The van der Waals surface area contributed by atoms with Crippen molar-refractivity contribution in [3.05, 3.63) is 99.0 Å². The van der Waals surface area contributed by atoms with Crippen LogP contribution in [0.15, 0.2) is 66.7 Å². The number of carbonyl (C=O) groups is 2. The van der Waals surface area contributed by atoms with Crippen molar-refractivity contribution in [3.8, 4) is 5.75 Å². The van der Waals surface area contributed by atoms with Crippen LogP contribution in [0.4, 0.5) is 0 Å². The first-order valence-electron chi connectivity index (χ1n) is 15.6. The molecule has 2 aliphatic heterocycles. The van der Waals surface area contributed by atoms with Crippen LogP contribution in [0.25, 0.3) is 0 Å². The van der Waals surface area contributed by atoms with Crippen molar-refractivity contribution in [1.29, 1.82) is 0 Å². The molecule has 4 atom stereocenters. The molecule has 0 bridgehead atoms. The van der Waals surface area contributed by atoms with Gasteiger partial charge >= 0.3 is 5.97 Å². The van der Waals surface area contributed by atoms with Gasteiger partial charge in [0.1, 0.15) is 11.4 Å². The van der Waals surface area contributed by atoms with Crippen LogP contribution in [0.5, 0.6) is 5.75 Å². The second-order valence-corrected chi connectivity index (χ2v) is 15.6. The molecule has 252 valence electrons. The summed E-state index contributed by atoms with van der Waals surface area (Å²) in [4.78, 5) is 27.8. The lowest BCUT2D eigenvalue weighted by Crippen LogP contribution is -2.54. The fourth-order valence-electron chi connectivity index (χ4n) is 6.61. The topological polar surface area (TPSA) is 122 Å². The van der Waals surface area contributed by atoms with Crippen molar-refractivity contribution in [1.82, 2.24) is 9.62 Å². The Morgan fingerprint density at radius 3 is 2.34 bits per heavy atom. The van der Waals surface area contributed by atoms with Gasteiger partial charge < -0.3 is 19.5 Å². The number of sulfonamides is 1. The molecule has 0 saturated carbocycles. The van der Waals surface area contributed by atoms with Gasteiger partial charge in [-0.25, -0.2) is 13.1 Å². The number of rotatable bonds is 12. The van der Waals surface area contributed by atoms with Crippen LogP contribution < -0.4 is 9.46 Å². The minimum Gasteiger partial charge on any atom is -0.487 e. The number of aliphatic carboxylic acids is 1. The van der Waals surface area contributed by atoms with Crippen molar-refractivity contribution < 1.29 is 32.6 Å². The first-order chi connectivity index (χ1) is 22.2. The zero-order valence-electron chi connectivity index (χ0n) is 26.6. The van der Waals surface area contributed by atoms with Gasteiger partial charge in [0.15, 0.2) is 0 Å². The van der Waals surface area contributed by atoms with Crippen LogP contribution in [0.2, 0.25) is 10.0 Å². The summed E-state index contributed by atoms with van der Waals surface area (Å²) in [5.74, 6) is -1.32. The normalized spacial score (nSPS) is 21.6. The van der Waals surface area contributed by atoms with E-state index in [-0.39, 0.29) is 37.9 Å². The third kappa shape index (κ3) is 9.06. The number of carboxylic acid groups (broad SMARTS) is 1. The number of ether oxygens (including phenoxy) is 2. The molecule has 2 aliphatic rings. The van der Waals surface area contributed by atoms with Crippen molar-refractivity contribution in [3.63, 3.8) is 0 Å². The highest BCUT2D eigenvalue weighted by molar-refractivity contribution is 7.88. The van der Waals surface area contributed by atoms with E-state index in [1.807, 2.05) is 56.3 Å². The molecule has 0 aromatic heterocycles. The maximum atomic E-state index is 14.5. The molecule has 3 aromatic rings. The minimum absolute atomic E-state index is 0.0305. The number of nitrogens with one attached hydrogen (secondary N) is 1. The number of hydrogen-bond donors (Lipinski definition) is 2. The van der Waals surface area contributed by atoms with Crippen molar-refractivity contribution >= 4 is 45.1 Å². The van der Waals surface area contributed by atoms with Gasteiger partial charge in [-0.1, -0.05) is 53.5 Å². The highest BCUT2D eigenvalue weighted by Gasteiger charge is 2.52. The lowest BCUT2D eigenvalue weighted by atomic mass is 9.70. The molecule has 9 nitrogen and oxygen atoms in total. The summed E-state index contributed by atoms with van der Waals surface area (Å²) in [5.41, 5.74) is 2.81. The third-order valence-electron chi connectivity index (χ3n) is 8.88. The molecular weight excluding hydrogens is 663 g/mol. The average Bonchev–Trinajstić information content (AvgIpc) is 2.98. The third-order valence-corrected chi connectivity index (χ3v) is 10.1. The first-order valence-corrected chi connectivity index (χ1v) is 18.2. The SMILES string of the molecule is CC1(C)Oc2ccc(CCNS(C)(=O)=O)cc2[C@@H]2O[C@H](Cc3cccc(Cl)c3)C(C(=O)N(CCC(=O)O)Cc3cccc(Cl)c3)C[C@H]21. The van der Waals surface area contributed by atoms with Gasteiger partial charge in [-0.15, -0.1) is 0 Å². The lowest BCUT2D eigenvalue weighted by molar-refractivity contribution is -0.184. The monoisotopic (exact) mass is 702 g/mol. The van der Waals surface area contributed by atoms with Gasteiger partial charge in [-0.3, -0.25) is 9.59 Å². The van der Waals surface area contributed by atoms with Gasteiger partial charge in [-0.2, -0.15) is 0 Å². The van der Waals surface area contributed by atoms with E-state index < -0.39 is 39.7 Å². The first kappa shape index (κ1) is 35.2. The van der Waals surface area contributed by atoms with Gasteiger partial charge in [0, 0.05) is 41.2 Å². The Hall–Kier alpha value is -3.15. The Balaban J connectivity index is 1.49. The van der Waals surface area contributed by atoms with E-state index in [0.29, 0.717) is 35.1 Å². The summed E-state index contributed by atoms with van der Waals surface area (Å²) in [7, 11) is -3.32. The molecule has 1 amide bonds. The van der Waals surface area contributed by atoms with Crippen molar-refractivity contribution in [2.24, 2.45) is 11.8 Å². The van der Waals surface area contributed by atoms with E-state index >= 15 is 0 Å². The largest absolute Gasteiger partial charge is 0.487 e. The molecule has 1 fully saturated rings. The number of carboxylic acids is 1. The fraction of sp³-hybridized carbons (Fsp3) is 0.429. The van der Waals surface area contributed by atoms with Crippen LogP contribution in [-0.2, 0) is 43.7 Å². The maximum Gasteiger partial charge on any atom is 0.305 e. The van der Waals surface area contributed by atoms with Crippen molar-refractivity contribution in [2.75, 3.05) is 19.3 Å². The molecule has 1 saturated heterocycles. The number of fused-ring (bicyclic) bond motifs is 3. The van der Waals surface area contributed by atoms with Crippen LogP contribution in [-0.4, -0.2) is 61.4 Å². The van der Waals surface area contributed by atoms with Crippen LogP contribution in [0.3, 0.4) is 0 Å². The van der Waals surface area contributed by atoms with E-state index in [0.717, 1.165) is 28.5 Å². The Bertz CT molecular complexity index is 1730. The Labute approximate surface area is 286 Å². The number of nitrogens with zero attached hydrogens (tertiary/aromatic N) is 1. The molecule has 0 spiro atoms. The summed E-state index contributed by atoms with van der Waals surface area (Å²) in [6.07, 6.45) is 1.32. The second kappa shape index (κ2) is 14.5. The summed E-state index contributed by atoms with van der Waals surface area (Å²) >= 11 is 12.6. The Morgan fingerprint density at radius 1 is 1.00 bits per heavy atom. The van der Waals surface area contributed by atoms with Gasteiger partial charge in [0.25, 0.3) is 0 Å². The minimum atomic E-state index is -3.32. The van der Waals surface area contributed by atoms with E-state index in [4.69, 9.17) is 32.7 Å². The number of benzene rings is 3. The van der Waals surface area contributed by atoms with E-state index in [2.05, 4.69) is 4.72 Å². The second-order valence-electron chi connectivity index (χ2n) is 12.9. The molecule has 12 heteroatoms. The number of hydrogen-bond acceptors (Lipinski definition) is 6. The number of halogens is 2. The Morgan fingerprint density at radius 2 is 1.68 bits per heavy atom. The molecule has 2 heterocycles. The van der Waals surface area contributed by atoms with E-state index in [1.165, 1.54) is 0 Å². The summed E-state index contributed by atoms with van der Waals surface area (Å²) < 4.78 is 39.3. The maximum absolute atomic E-state index is 14.5.